The van der Waals surface area contributed by atoms with E-state index < -0.39 is 0 Å². The minimum Gasteiger partial charge on any atom is -0.497 e. The Morgan fingerprint density at radius 1 is 1.32 bits per heavy atom. The van der Waals surface area contributed by atoms with E-state index in [0.29, 0.717) is 18.1 Å². The minimum atomic E-state index is -0.0613. The van der Waals surface area contributed by atoms with Crippen LogP contribution >= 0.6 is 0 Å². The second kappa shape index (κ2) is 5.86. The molecule has 5 heteroatoms. The molecule has 19 heavy (non-hydrogen) atoms. The molecule has 0 aliphatic carbocycles. The number of benzene rings is 1. The maximum atomic E-state index is 7.46. The number of nitrogens with zero attached hydrogens (tertiary/aromatic N) is 1. The first kappa shape index (κ1) is 12.9. The van der Waals surface area contributed by atoms with Gasteiger partial charge in [-0.05, 0) is 29.8 Å². The summed E-state index contributed by atoms with van der Waals surface area (Å²) >= 11 is 0. The van der Waals surface area contributed by atoms with E-state index in [1.54, 1.807) is 25.4 Å². The van der Waals surface area contributed by atoms with Crippen LogP contribution in [0.4, 0.5) is 0 Å². The van der Waals surface area contributed by atoms with Gasteiger partial charge < -0.3 is 15.2 Å². The Kier molecular flexibility index (Phi) is 3.97. The number of nitrogen functional groups attached to an aromatic ring is 1. The summed E-state index contributed by atoms with van der Waals surface area (Å²) in [5.41, 5.74) is 6.92. The highest BCUT2D eigenvalue weighted by atomic mass is 16.5. The highest BCUT2D eigenvalue weighted by molar-refractivity contribution is 5.96. The molecule has 2 rings (SSSR count). The monoisotopic (exact) mass is 257 g/mol. The fraction of sp³-hybridized carbons (Fsp3) is 0.143. The van der Waals surface area contributed by atoms with Crippen molar-refractivity contribution in [2.75, 3.05) is 7.11 Å². The van der Waals surface area contributed by atoms with Gasteiger partial charge in [0.1, 0.15) is 18.2 Å². The fourth-order valence-electron chi connectivity index (χ4n) is 1.62. The van der Waals surface area contributed by atoms with Gasteiger partial charge in [0, 0.05) is 6.20 Å². The van der Waals surface area contributed by atoms with E-state index in [0.717, 1.165) is 11.3 Å². The zero-order chi connectivity index (χ0) is 13.7. The lowest BCUT2D eigenvalue weighted by atomic mass is 10.2. The molecule has 1 aromatic carbocycles. The predicted octanol–water partition coefficient (Wildman–Crippen LogP) is 1.95. The Morgan fingerprint density at radius 3 is 2.89 bits per heavy atom. The molecule has 0 bridgehead atoms. The molecular formula is C14H15N3O2. The van der Waals surface area contributed by atoms with Gasteiger partial charge in [-0.2, -0.15) is 0 Å². The molecule has 0 saturated carbocycles. The van der Waals surface area contributed by atoms with Gasteiger partial charge in [0.25, 0.3) is 0 Å². The second-order valence-electron chi connectivity index (χ2n) is 3.91. The Labute approximate surface area is 111 Å². The summed E-state index contributed by atoms with van der Waals surface area (Å²) in [6.07, 6.45) is 1.60. The summed E-state index contributed by atoms with van der Waals surface area (Å²) in [5, 5.41) is 7.46. The Hall–Kier alpha value is -2.56. The van der Waals surface area contributed by atoms with Crippen LogP contribution in [0.25, 0.3) is 0 Å². The van der Waals surface area contributed by atoms with Gasteiger partial charge in [-0.15, -0.1) is 0 Å². The first-order valence-electron chi connectivity index (χ1n) is 5.76. The maximum absolute atomic E-state index is 7.46. The molecule has 98 valence electrons. The van der Waals surface area contributed by atoms with E-state index in [4.69, 9.17) is 20.6 Å². The Bertz CT molecular complexity index is 584. The smallest absolute Gasteiger partial charge is 0.224 e. The largest absolute Gasteiger partial charge is 0.497 e. The Balaban J connectivity index is 2.12. The van der Waals surface area contributed by atoms with Crippen LogP contribution in [0.3, 0.4) is 0 Å². The third-order valence-corrected chi connectivity index (χ3v) is 2.57. The van der Waals surface area contributed by atoms with Gasteiger partial charge in [-0.3, -0.25) is 5.41 Å². The summed E-state index contributed by atoms with van der Waals surface area (Å²) in [5.74, 6) is 1.07. The molecule has 0 amide bonds. The lowest BCUT2D eigenvalue weighted by Crippen LogP contribution is -2.13. The lowest BCUT2D eigenvalue weighted by Gasteiger charge is -2.09. The predicted molar refractivity (Wildman–Crippen MR) is 72.6 cm³/mol. The molecule has 3 N–H and O–H groups in total. The second-order valence-corrected chi connectivity index (χ2v) is 3.91. The first-order chi connectivity index (χ1) is 9.20. The van der Waals surface area contributed by atoms with Crippen molar-refractivity contribution in [3.63, 3.8) is 0 Å². The van der Waals surface area contributed by atoms with E-state index in [1.165, 1.54) is 0 Å². The van der Waals surface area contributed by atoms with Gasteiger partial charge in [-0.1, -0.05) is 12.1 Å². The number of methoxy groups -OCH3 is 1. The molecule has 0 atom stereocenters. The zero-order valence-corrected chi connectivity index (χ0v) is 10.6. The van der Waals surface area contributed by atoms with Crippen molar-refractivity contribution < 1.29 is 9.47 Å². The number of hydrogen-bond acceptors (Lipinski definition) is 4. The maximum Gasteiger partial charge on any atom is 0.224 e. The van der Waals surface area contributed by atoms with E-state index in [9.17, 15) is 0 Å². The molecule has 0 aliphatic heterocycles. The summed E-state index contributed by atoms with van der Waals surface area (Å²) < 4.78 is 10.7. The molecule has 0 fully saturated rings. The summed E-state index contributed by atoms with van der Waals surface area (Å²) in [4.78, 5) is 4.08. The molecule has 0 saturated heterocycles. The first-order valence-corrected chi connectivity index (χ1v) is 5.76. The number of nitrogens with one attached hydrogen (secondary N) is 1. The summed E-state index contributed by atoms with van der Waals surface area (Å²) in [7, 11) is 1.62. The van der Waals surface area contributed by atoms with Crippen molar-refractivity contribution in [1.29, 1.82) is 5.41 Å². The number of pyridine rings is 1. The van der Waals surface area contributed by atoms with E-state index in [-0.39, 0.29) is 5.84 Å². The van der Waals surface area contributed by atoms with Crippen LogP contribution in [0.2, 0.25) is 0 Å². The number of hydrogen-bond donors (Lipinski definition) is 2. The van der Waals surface area contributed by atoms with Gasteiger partial charge in [0.15, 0.2) is 0 Å². The van der Waals surface area contributed by atoms with Crippen LogP contribution in [-0.2, 0) is 6.61 Å². The number of aromatic nitrogens is 1. The normalized spacial score (nSPS) is 9.95. The highest BCUT2D eigenvalue weighted by Crippen LogP contribution is 2.17. The van der Waals surface area contributed by atoms with Crippen LogP contribution < -0.4 is 15.2 Å². The van der Waals surface area contributed by atoms with Gasteiger partial charge in [-0.25, -0.2) is 4.98 Å². The lowest BCUT2D eigenvalue weighted by molar-refractivity contribution is 0.292. The molecule has 1 heterocycles. The van der Waals surface area contributed by atoms with Gasteiger partial charge in [0.2, 0.25) is 5.88 Å². The van der Waals surface area contributed by atoms with Crippen molar-refractivity contribution in [1.82, 2.24) is 4.98 Å². The average Bonchev–Trinajstić information content (AvgIpc) is 2.45. The summed E-state index contributed by atoms with van der Waals surface area (Å²) in [6.45, 7) is 0.342. The minimum absolute atomic E-state index is 0.0613. The zero-order valence-electron chi connectivity index (χ0n) is 10.6. The number of rotatable bonds is 5. The van der Waals surface area contributed by atoms with Crippen LogP contribution in [0.15, 0.2) is 42.6 Å². The molecule has 2 aromatic rings. The third kappa shape index (κ3) is 3.22. The number of nitrogens with two attached hydrogens (primary N) is 1. The van der Waals surface area contributed by atoms with Gasteiger partial charge >= 0.3 is 0 Å². The van der Waals surface area contributed by atoms with Crippen LogP contribution in [0, 0.1) is 5.41 Å². The average molecular weight is 257 g/mol. The van der Waals surface area contributed by atoms with Crippen LogP contribution in [0.1, 0.15) is 11.1 Å². The topological polar surface area (TPSA) is 81.2 Å². The van der Waals surface area contributed by atoms with Crippen molar-refractivity contribution in [2.45, 2.75) is 6.61 Å². The standard InChI is InChI=1S/C14H15N3O2/c1-18-11-5-2-4-10(8-11)9-19-14-12(13(15)16)6-3-7-17-14/h2-8H,9H2,1H3,(H3,15,16). The van der Waals surface area contributed by atoms with Crippen LogP contribution in [0.5, 0.6) is 11.6 Å². The van der Waals surface area contributed by atoms with Crippen molar-refractivity contribution in [3.8, 4) is 11.6 Å². The van der Waals surface area contributed by atoms with E-state index in [2.05, 4.69) is 4.98 Å². The Morgan fingerprint density at radius 2 is 2.16 bits per heavy atom. The molecule has 5 nitrogen and oxygen atoms in total. The van der Waals surface area contributed by atoms with Crippen molar-refractivity contribution >= 4 is 5.84 Å². The molecule has 1 aromatic heterocycles. The van der Waals surface area contributed by atoms with E-state index >= 15 is 0 Å². The number of amidine groups is 1. The van der Waals surface area contributed by atoms with E-state index in [1.807, 2.05) is 24.3 Å². The quantitative estimate of drug-likeness (QED) is 0.633. The fourth-order valence-corrected chi connectivity index (χ4v) is 1.62. The third-order valence-electron chi connectivity index (χ3n) is 2.57. The van der Waals surface area contributed by atoms with Crippen molar-refractivity contribution in [2.24, 2.45) is 5.73 Å². The molecular weight excluding hydrogens is 242 g/mol. The SMILES string of the molecule is COc1cccc(COc2ncccc2C(=N)N)c1. The number of ether oxygens (including phenoxy) is 2. The molecule has 0 unspecified atom stereocenters. The van der Waals surface area contributed by atoms with Crippen LogP contribution in [-0.4, -0.2) is 17.9 Å². The molecule has 0 radical (unpaired) electrons. The molecule has 0 spiro atoms. The summed E-state index contributed by atoms with van der Waals surface area (Å²) in [6, 6.07) is 11.0. The van der Waals surface area contributed by atoms with Gasteiger partial charge in [0.05, 0.1) is 12.7 Å². The highest BCUT2D eigenvalue weighted by Gasteiger charge is 2.07. The molecule has 0 aliphatic rings. The van der Waals surface area contributed by atoms with Crippen molar-refractivity contribution in [3.05, 3.63) is 53.7 Å².